The van der Waals surface area contributed by atoms with Crippen molar-refractivity contribution in [1.82, 2.24) is 10.6 Å². The number of hydrogen-bond acceptors (Lipinski definition) is 3. The minimum Gasteiger partial charge on any atom is -0.450 e. The molecule has 0 radical (unpaired) electrons. The molecule has 2 rings (SSSR count). The number of nitrogens with one attached hydrogen (secondary N) is 2. The summed E-state index contributed by atoms with van der Waals surface area (Å²) in [7, 11) is 0. The highest BCUT2D eigenvalue weighted by molar-refractivity contribution is 5.85. The van der Waals surface area contributed by atoms with E-state index in [1.807, 2.05) is 0 Å². The standard InChI is InChI=1S/C11H20N2O2.ClH/c1-2-3-6-15-11(14)13-10-7-8-4-5-9(10)12-8;/h8-10,12H,2-7H2,1H3,(H,13,14);1H/t8-,9+,10+;/m1./s1. The fourth-order valence-electron chi connectivity index (χ4n) is 2.49. The van der Waals surface area contributed by atoms with Gasteiger partial charge in [-0.3, -0.25) is 0 Å². The molecular formula is C11H21ClN2O2. The summed E-state index contributed by atoms with van der Waals surface area (Å²) in [4.78, 5) is 11.4. The first-order valence-corrected chi connectivity index (χ1v) is 5.99. The van der Waals surface area contributed by atoms with E-state index >= 15 is 0 Å². The SMILES string of the molecule is CCCCOC(=O)N[C@H]1C[C@H]2CC[C@@H]1N2.Cl. The molecule has 1 amide bonds. The number of rotatable bonds is 4. The fourth-order valence-corrected chi connectivity index (χ4v) is 2.49. The molecule has 2 heterocycles. The van der Waals surface area contributed by atoms with E-state index in [1.54, 1.807) is 0 Å². The van der Waals surface area contributed by atoms with Crippen molar-refractivity contribution >= 4 is 18.5 Å². The molecule has 94 valence electrons. The molecular weight excluding hydrogens is 228 g/mol. The van der Waals surface area contributed by atoms with E-state index in [0.717, 1.165) is 19.3 Å². The van der Waals surface area contributed by atoms with Crippen molar-refractivity contribution < 1.29 is 9.53 Å². The van der Waals surface area contributed by atoms with E-state index < -0.39 is 0 Å². The molecule has 0 saturated carbocycles. The molecule has 2 bridgehead atoms. The van der Waals surface area contributed by atoms with E-state index in [4.69, 9.17) is 4.74 Å². The number of fused-ring (bicyclic) bond motifs is 2. The fraction of sp³-hybridized carbons (Fsp3) is 0.909. The highest BCUT2D eigenvalue weighted by Gasteiger charge is 2.39. The average molecular weight is 249 g/mol. The number of hydrogen-bond donors (Lipinski definition) is 2. The Morgan fingerprint density at radius 1 is 1.50 bits per heavy atom. The highest BCUT2D eigenvalue weighted by Crippen LogP contribution is 2.28. The van der Waals surface area contributed by atoms with Gasteiger partial charge in [0.25, 0.3) is 0 Å². The summed E-state index contributed by atoms with van der Waals surface area (Å²) in [6.45, 7) is 2.62. The first-order valence-electron chi connectivity index (χ1n) is 5.99. The van der Waals surface area contributed by atoms with Crippen molar-refractivity contribution in [1.29, 1.82) is 0 Å². The van der Waals surface area contributed by atoms with E-state index in [9.17, 15) is 4.79 Å². The van der Waals surface area contributed by atoms with E-state index in [0.29, 0.717) is 18.7 Å². The zero-order valence-electron chi connectivity index (χ0n) is 9.70. The largest absolute Gasteiger partial charge is 0.450 e. The van der Waals surface area contributed by atoms with Crippen LogP contribution in [0.5, 0.6) is 0 Å². The third kappa shape index (κ3) is 3.25. The third-order valence-electron chi connectivity index (χ3n) is 3.33. The van der Waals surface area contributed by atoms with Gasteiger partial charge in [0.05, 0.1) is 6.61 Å². The van der Waals surface area contributed by atoms with E-state index in [1.165, 1.54) is 12.8 Å². The van der Waals surface area contributed by atoms with Gasteiger partial charge in [0.1, 0.15) is 0 Å². The van der Waals surface area contributed by atoms with Gasteiger partial charge in [-0.1, -0.05) is 13.3 Å². The Morgan fingerprint density at radius 3 is 2.88 bits per heavy atom. The molecule has 3 atom stereocenters. The summed E-state index contributed by atoms with van der Waals surface area (Å²) in [6.07, 6.45) is 5.26. The third-order valence-corrected chi connectivity index (χ3v) is 3.33. The Bertz CT molecular complexity index is 238. The zero-order valence-corrected chi connectivity index (χ0v) is 10.5. The predicted molar refractivity (Wildman–Crippen MR) is 65.0 cm³/mol. The number of amides is 1. The molecule has 0 aromatic rings. The van der Waals surface area contributed by atoms with E-state index in [-0.39, 0.29) is 24.5 Å². The molecule has 0 aliphatic carbocycles. The zero-order chi connectivity index (χ0) is 10.7. The van der Waals surface area contributed by atoms with Crippen LogP contribution in [0.3, 0.4) is 0 Å². The maximum absolute atomic E-state index is 11.4. The molecule has 0 spiro atoms. The molecule has 0 unspecified atom stereocenters. The first-order chi connectivity index (χ1) is 7.29. The van der Waals surface area contributed by atoms with Crippen LogP contribution >= 0.6 is 12.4 Å². The average Bonchev–Trinajstić information content (AvgIpc) is 2.79. The molecule has 2 N–H and O–H groups in total. The first kappa shape index (κ1) is 13.6. The lowest BCUT2D eigenvalue weighted by Crippen LogP contribution is -2.43. The van der Waals surface area contributed by atoms with Crippen LogP contribution in [0.1, 0.15) is 39.0 Å². The Labute approximate surface area is 103 Å². The smallest absolute Gasteiger partial charge is 0.407 e. The summed E-state index contributed by atoms with van der Waals surface area (Å²) in [5, 5.41) is 6.43. The lowest BCUT2D eigenvalue weighted by Gasteiger charge is -2.20. The van der Waals surface area contributed by atoms with Crippen molar-refractivity contribution in [3.63, 3.8) is 0 Å². The van der Waals surface area contributed by atoms with Crippen LogP contribution in [0.4, 0.5) is 4.79 Å². The molecule has 2 aliphatic rings. The van der Waals surface area contributed by atoms with Crippen molar-refractivity contribution in [2.75, 3.05) is 6.61 Å². The molecule has 0 aromatic heterocycles. The Balaban J connectivity index is 0.00000128. The number of alkyl carbamates (subject to hydrolysis) is 1. The van der Waals surface area contributed by atoms with Crippen molar-refractivity contribution in [3.05, 3.63) is 0 Å². The van der Waals surface area contributed by atoms with E-state index in [2.05, 4.69) is 17.6 Å². The van der Waals surface area contributed by atoms with Gasteiger partial charge in [-0.25, -0.2) is 4.79 Å². The second kappa shape index (κ2) is 6.30. The highest BCUT2D eigenvalue weighted by atomic mass is 35.5. The Hall–Kier alpha value is -0.480. The quantitative estimate of drug-likeness (QED) is 0.747. The second-order valence-corrected chi connectivity index (χ2v) is 4.52. The van der Waals surface area contributed by atoms with Crippen molar-refractivity contribution in [2.24, 2.45) is 0 Å². The number of unbranched alkanes of at least 4 members (excludes halogenated alkanes) is 1. The second-order valence-electron chi connectivity index (χ2n) is 4.52. The van der Waals surface area contributed by atoms with Crippen molar-refractivity contribution in [3.8, 4) is 0 Å². The van der Waals surface area contributed by atoms with Crippen LogP contribution in [0.25, 0.3) is 0 Å². The summed E-state index contributed by atoms with van der Waals surface area (Å²) in [5.41, 5.74) is 0. The van der Waals surface area contributed by atoms with Gasteiger partial charge >= 0.3 is 6.09 Å². The lowest BCUT2D eigenvalue weighted by atomic mass is 9.96. The molecule has 2 fully saturated rings. The van der Waals surface area contributed by atoms with Gasteiger partial charge in [-0.05, 0) is 25.7 Å². The lowest BCUT2D eigenvalue weighted by molar-refractivity contribution is 0.139. The number of halogens is 1. The summed E-state index contributed by atoms with van der Waals surface area (Å²) in [5.74, 6) is 0. The summed E-state index contributed by atoms with van der Waals surface area (Å²) < 4.78 is 5.07. The van der Waals surface area contributed by atoms with Crippen LogP contribution in [0.15, 0.2) is 0 Å². The van der Waals surface area contributed by atoms with Gasteiger partial charge in [0.15, 0.2) is 0 Å². The molecule has 16 heavy (non-hydrogen) atoms. The number of carbonyl (C=O) groups is 1. The van der Waals surface area contributed by atoms with Crippen LogP contribution in [-0.4, -0.2) is 30.8 Å². The van der Waals surface area contributed by atoms with Gasteiger partial charge in [0.2, 0.25) is 0 Å². The molecule has 5 heteroatoms. The normalized spacial score (nSPS) is 30.9. The van der Waals surface area contributed by atoms with Gasteiger partial charge in [-0.2, -0.15) is 0 Å². The minimum atomic E-state index is -0.247. The molecule has 0 aromatic carbocycles. The maximum atomic E-state index is 11.4. The molecule has 2 aliphatic heterocycles. The van der Waals surface area contributed by atoms with Gasteiger partial charge in [-0.15, -0.1) is 12.4 Å². The van der Waals surface area contributed by atoms with Crippen LogP contribution in [0.2, 0.25) is 0 Å². The minimum absolute atomic E-state index is 0. The van der Waals surface area contributed by atoms with Gasteiger partial charge < -0.3 is 15.4 Å². The van der Waals surface area contributed by atoms with Crippen LogP contribution in [0, 0.1) is 0 Å². The Morgan fingerprint density at radius 2 is 2.31 bits per heavy atom. The number of carbonyl (C=O) groups excluding carboxylic acids is 1. The predicted octanol–water partition coefficient (Wildman–Crippen LogP) is 1.83. The monoisotopic (exact) mass is 248 g/mol. The van der Waals surface area contributed by atoms with Crippen LogP contribution < -0.4 is 10.6 Å². The van der Waals surface area contributed by atoms with Crippen molar-refractivity contribution in [2.45, 2.75) is 57.2 Å². The summed E-state index contributed by atoms with van der Waals surface area (Å²) >= 11 is 0. The summed E-state index contributed by atoms with van der Waals surface area (Å²) in [6, 6.07) is 1.39. The van der Waals surface area contributed by atoms with Gasteiger partial charge in [0, 0.05) is 18.1 Å². The molecule has 2 saturated heterocycles. The maximum Gasteiger partial charge on any atom is 0.407 e. The number of ether oxygens (including phenoxy) is 1. The topological polar surface area (TPSA) is 50.4 Å². The molecule has 4 nitrogen and oxygen atoms in total. The Kier molecular flexibility index (Phi) is 5.35. The van der Waals surface area contributed by atoms with Crippen LogP contribution in [-0.2, 0) is 4.74 Å².